The Morgan fingerprint density at radius 2 is 1.56 bits per heavy atom. The van der Waals surface area contributed by atoms with Crippen molar-refractivity contribution in [3.63, 3.8) is 0 Å². The van der Waals surface area contributed by atoms with Crippen molar-refractivity contribution in [2.24, 2.45) is 5.92 Å². The second kappa shape index (κ2) is 13.0. The molecule has 0 aliphatic carbocycles. The Balaban J connectivity index is 2.57. The smallest absolute Gasteiger partial charge is 0.408 e. The van der Waals surface area contributed by atoms with Gasteiger partial charge in [-0.1, -0.05) is 43.7 Å². The first kappa shape index (κ1) is 31.7. The van der Waals surface area contributed by atoms with Crippen molar-refractivity contribution in [1.82, 2.24) is 10.2 Å². The molecule has 0 saturated carbocycles. The lowest BCUT2D eigenvalue weighted by molar-refractivity contribution is -0.147. The van der Waals surface area contributed by atoms with Crippen LogP contribution in [0, 0.1) is 12.8 Å². The highest BCUT2D eigenvalue weighted by atomic mass is 16.6. The van der Waals surface area contributed by atoms with E-state index in [2.05, 4.69) is 10.6 Å². The van der Waals surface area contributed by atoms with Crippen molar-refractivity contribution in [3.05, 3.63) is 59.7 Å². The molecule has 0 aromatic heterocycles. The SMILES string of the molecule is COc1ccc(NC(=O)C(c2cccc(C)c2)N(C(=O)C(CC(C)C)NC(=O)OC(C)(C)C)C(C)(C)C)cc1. The second-order valence-electron chi connectivity index (χ2n) is 12.2. The fourth-order valence-electron chi connectivity index (χ4n) is 4.30. The van der Waals surface area contributed by atoms with Gasteiger partial charge in [-0.25, -0.2) is 4.79 Å². The number of hydrogen-bond acceptors (Lipinski definition) is 5. The Kier molecular flexibility index (Phi) is 10.6. The molecular weight excluding hydrogens is 494 g/mol. The third kappa shape index (κ3) is 9.61. The minimum Gasteiger partial charge on any atom is -0.497 e. The first-order valence-corrected chi connectivity index (χ1v) is 13.4. The number of methoxy groups -OCH3 is 1. The largest absolute Gasteiger partial charge is 0.497 e. The average molecular weight is 540 g/mol. The summed E-state index contributed by atoms with van der Waals surface area (Å²) in [5.74, 6) is 0.0359. The number of benzene rings is 2. The molecule has 214 valence electrons. The van der Waals surface area contributed by atoms with Crippen LogP contribution in [0.1, 0.15) is 79.0 Å². The van der Waals surface area contributed by atoms with Gasteiger partial charge in [-0.2, -0.15) is 0 Å². The molecule has 0 aliphatic heterocycles. The summed E-state index contributed by atoms with van der Waals surface area (Å²) in [6.07, 6.45) is -0.296. The summed E-state index contributed by atoms with van der Waals surface area (Å²) in [6, 6.07) is 12.7. The third-order valence-corrected chi connectivity index (χ3v) is 5.88. The Bertz CT molecular complexity index is 1130. The summed E-state index contributed by atoms with van der Waals surface area (Å²) < 4.78 is 10.7. The molecule has 0 bridgehead atoms. The number of ether oxygens (including phenoxy) is 2. The van der Waals surface area contributed by atoms with Crippen molar-refractivity contribution in [1.29, 1.82) is 0 Å². The van der Waals surface area contributed by atoms with Crippen LogP contribution in [-0.2, 0) is 14.3 Å². The van der Waals surface area contributed by atoms with Gasteiger partial charge in [-0.05, 0) is 90.6 Å². The summed E-state index contributed by atoms with van der Waals surface area (Å²) in [6.45, 7) is 16.9. The molecular formula is C31H45N3O5. The molecule has 2 aromatic rings. The Morgan fingerprint density at radius 1 is 0.949 bits per heavy atom. The highest BCUT2D eigenvalue weighted by Gasteiger charge is 2.42. The molecule has 39 heavy (non-hydrogen) atoms. The fraction of sp³-hybridized carbons (Fsp3) is 0.516. The molecule has 0 spiro atoms. The van der Waals surface area contributed by atoms with Gasteiger partial charge >= 0.3 is 6.09 Å². The molecule has 0 fully saturated rings. The number of nitrogens with one attached hydrogen (secondary N) is 2. The van der Waals surface area contributed by atoms with Crippen molar-refractivity contribution >= 4 is 23.6 Å². The fourth-order valence-corrected chi connectivity index (χ4v) is 4.30. The summed E-state index contributed by atoms with van der Waals surface area (Å²) in [4.78, 5) is 42.6. The van der Waals surface area contributed by atoms with Crippen molar-refractivity contribution in [3.8, 4) is 5.75 Å². The molecule has 0 aliphatic rings. The van der Waals surface area contributed by atoms with Crippen LogP contribution in [0.3, 0.4) is 0 Å². The molecule has 3 amide bonds. The van der Waals surface area contributed by atoms with Crippen LogP contribution in [0.25, 0.3) is 0 Å². The van der Waals surface area contributed by atoms with Crippen LogP contribution < -0.4 is 15.4 Å². The average Bonchev–Trinajstić information content (AvgIpc) is 2.79. The van der Waals surface area contributed by atoms with Gasteiger partial charge in [0.05, 0.1) is 7.11 Å². The molecule has 0 saturated heterocycles. The summed E-state index contributed by atoms with van der Waals surface area (Å²) in [5, 5.41) is 5.75. The Labute approximate surface area is 233 Å². The van der Waals surface area contributed by atoms with Gasteiger partial charge in [0.1, 0.15) is 23.4 Å². The summed E-state index contributed by atoms with van der Waals surface area (Å²) in [5.41, 5.74) is 0.715. The van der Waals surface area contributed by atoms with Crippen LogP contribution >= 0.6 is 0 Å². The van der Waals surface area contributed by atoms with Crippen LogP contribution in [0.15, 0.2) is 48.5 Å². The van der Waals surface area contributed by atoms with E-state index >= 15 is 0 Å². The summed E-state index contributed by atoms with van der Waals surface area (Å²) >= 11 is 0. The van der Waals surface area contributed by atoms with E-state index in [-0.39, 0.29) is 17.7 Å². The maximum absolute atomic E-state index is 14.3. The number of nitrogens with zero attached hydrogens (tertiary/aromatic N) is 1. The van der Waals surface area contributed by atoms with Crippen LogP contribution in [-0.4, -0.2) is 47.1 Å². The van der Waals surface area contributed by atoms with E-state index < -0.39 is 29.3 Å². The predicted octanol–water partition coefficient (Wildman–Crippen LogP) is 6.25. The Hall–Kier alpha value is -3.55. The monoisotopic (exact) mass is 539 g/mol. The van der Waals surface area contributed by atoms with E-state index in [4.69, 9.17) is 9.47 Å². The molecule has 0 heterocycles. The standard InChI is InChI=1S/C31H45N3O5/c1-20(2)18-25(33-29(37)39-31(7,8)9)28(36)34(30(4,5)6)26(22-13-11-12-21(3)19-22)27(35)32-23-14-16-24(38-10)17-15-23/h11-17,19-20,25-26H,18H2,1-10H3,(H,32,35)(H,33,37). The normalized spacial score (nSPS) is 13.3. The number of carbonyl (C=O) groups is 3. The number of alkyl carbamates (subject to hydrolysis) is 1. The molecule has 8 heteroatoms. The Morgan fingerprint density at radius 3 is 2.05 bits per heavy atom. The van der Waals surface area contributed by atoms with Crippen LogP contribution in [0.4, 0.5) is 10.5 Å². The van der Waals surface area contributed by atoms with Gasteiger partial charge in [0.2, 0.25) is 5.91 Å². The van der Waals surface area contributed by atoms with E-state index in [1.54, 1.807) is 57.0 Å². The van der Waals surface area contributed by atoms with E-state index in [9.17, 15) is 14.4 Å². The van der Waals surface area contributed by atoms with Gasteiger partial charge < -0.3 is 25.0 Å². The summed E-state index contributed by atoms with van der Waals surface area (Å²) in [7, 11) is 1.58. The number of anilines is 1. The number of carbonyl (C=O) groups excluding carboxylic acids is 3. The zero-order valence-corrected chi connectivity index (χ0v) is 25.0. The number of hydrogen-bond donors (Lipinski definition) is 2. The lowest BCUT2D eigenvalue weighted by atomic mass is 9.93. The molecule has 2 atom stereocenters. The second-order valence-corrected chi connectivity index (χ2v) is 12.2. The molecule has 2 rings (SSSR count). The van der Waals surface area contributed by atoms with Crippen LogP contribution in [0.2, 0.25) is 0 Å². The van der Waals surface area contributed by atoms with Crippen molar-refractivity contribution in [2.75, 3.05) is 12.4 Å². The van der Waals surface area contributed by atoms with Crippen molar-refractivity contribution in [2.45, 2.75) is 92.0 Å². The number of aryl methyl sites for hydroxylation is 1. The zero-order valence-electron chi connectivity index (χ0n) is 25.0. The third-order valence-electron chi connectivity index (χ3n) is 5.88. The first-order valence-electron chi connectivity index (χ1n) is 13.4. The maximum Gasteiger partial charge on any atom is 0.408 e. The minimum atomic E-state index is -0.963. The van der Waals surface area contributed by atoms with Gasteiger partial charge in [0, 0.05) is 11.2 Å². The molecule has 8 nitrogen and oxygen atoms in total. The minimum absolute atomic E-state index is 0.0984. The van der Waals surface area contributed by atoms with E-state index in [0.717, 1.165) is 5.56 Å². The van der Waals surface area contributed by atoms with Gasteiger partial charge in [-0.3, -0.25) is 9.59 Å². The lowest BCUT2D eigenvalue weighted by Gasteiger charge is -2.43. The molecule has 2 N–H and O–H groups in total. The predicted molar refractivity (Wildman–Crippen MR) is 155 cm³/mol. The quantitative estimate of drug-likeness (QED) is 0.393. The van der Waals surface area contributed by atoms with Gasteiger partial charge in [0.25, 0.3) is 5.91 Å². The number of rotatable bonds is 9. The lowest BCUT2D eigenvalue weighted by Crippen LogP contribution is -2.58. The van der Waals surface area contributed by atoms with Gasteiger partial charge in [-0.15, -0.1) is 0 Å². The first-order chi connectivity index (χ1) is 18.0. The van der Waals surface area contributed by atoms with Crippen molar-refractivity contribution < 1.29 is 23.9 Å². The molecule has 0 radical (unpaired) electrons. The molecule has 2 unspecified atom stereocenters. The van der Waals surface area contributed by atoms with Crippen LogP contribution in [0.5, 0.6) is 5.75 Å². The molecule has 2 aromatic carbocycles. The highest BCUT2D eigenvalue weighted by molar-refractivity contribution is 5.99. The van der Waals surface area contributed by atoms with E-state index in [1.807, 2.05) is 65.8 Å². The van der Waals surface area contributed by atoms with E-state index in [0.29, 0.717) is 23.4 Å². The topological polar surface area (TPSA) is 97.0 Å². The highest BCUT2D eigenvalue weighted by Crippen LogP contribution is 2.32. The zero-order chi connectivity index (χ0) is 29.5. The number of amides is 3. The van der Waals surface area contributed by atoms with Gasteiger partial charge in [0.15, 0.2) is 0 Å². The maximum atomic E-state index is 14.3. The van der Waals surface area contributed by atoms with E-state index in [1.165, 1.54) is 0 Å².